The second kappa shape index (κ2) is 9.22. The summed E-state index contributed by atoms with van der Waals surface area (Å²) in [5, 5.41) is 0. The van der Waals surface area contributed by atoms with Crippen molar-refractivity contribution in [3.8, 4) is 39.9 Å². The predicted octanol–water partition coefficient (Wildman–Crippen LogP) is 7.69. The normalized spacial score (nSPS) is 12.0. The molecule has 0 aliphatic rings. The molecule has 0 spiro atoms. The zero-order valence-corrected chi connectivity index (χ0v) is 21.5. The Morgan fingerprint density at radius 3 is 1.35 bits per heavy atom. The highest BCUT2D eigenvalue weighted by Gasteiger charge is 2.17. The molecule has 34 heavy (non-hydrogen) atoms. The van der Waals surface area contributed by atoms with Crippen molar-refractivity contribution in [2.24, 2.45) is 0 Å². The smallest absolute Gasteiger partial charge is 0.164 e. The third kappa shape index (κ3) is 5.31. The maximum atomic E-state index is 5.12. The van der Waals surface area contributed by atoms with Crippen molar-refractivity contribution in [1.29, 1.82) is 0 Å². The van der Waals surface area contributed by atoms with Crippen LogP contribution in [0.2, 0.25) is 0 Å². The molecule has 0 saturated heterocycles. The minimum absolute atomic E-state index is 0.0794. The molecule has 0 bridgehead atoms. The number of aromatic nitrogens is 3. The van der Waals surface area contributed by atoms with Crippen molar-refractivity contribution >= 4 is 12.9 Å². The van der Waals surface area contributed by atoms with Crippen molar-refractivity contribution < 1.29 is 4.18 Å². The Morgan fingerprint density at radius 1 is 0.559 bits per heavy atom. The molecular formula is C29H31N3OS. The largest absolute Gasteiger partial charge is 0.429 e. The van der Waals surface area contributed by atoms with Crippen LogP contribution in [-0.2, 0) is 10.8 Å². The summed E-state index contributed by atoms with van der Waals surface area (Å²) < 4.78 is 5.12. The van der Waals surface area contributed by atoms with Crippen molar-refractivity contribution in [2.75, 3.05) is 0 Å². The summed E-state index contributed by atoms with van der Waals surface area (Å²) >= 11 is 3.94. The quantitative estimate of drug-likeness (QED) is 0.246. The van der Waals surface area contributed by atoms with Crippen LogP contribution in [0, 0.1) is 0 Å². The predicted molar refractivity (Wildman–Crippen MR) is 143 cm³/mol. The van der Waals surface area contributed by atoms with Gasteiger partial charge in [-0.2, -0.15) is 0 Å². The summed E-state index contributed by atoms with van der Waals surface area (Å²) in [5.41, 5.74) is 5.43. The van der Waals surface area contributed by atoms with Crippen LogP contribution in [0.1, 0.15) is 52.7 Å². The van der Waals surface area contributed by atoms with Crippen LogP contribution in [-0.4, -0.2) is 15.0 Å². The highest BCUT2D eigenvalue weighted by Crippen LogP contribution is 2.30. The van der Waals surface area contributed by atoms with E-state index in [1.807, 2.05) is 24.3 Å². The Balaban J connectivity index is 1.84. The van der Waals surface area contributed by atoms with Gasteiger partial charge in [-0.25, -0.2) is 15.0 Å². The topological polar surface area (TPSA) is 47.9 Å². The summed E-state index contributed by atoms with van der Waals surface area (Å²) in [4.78, 5) is 14.5. The van der Waals surface area contributed by atoms with Crippen LogP contribution in [0.3, 0.4) is 0 Å². The molecule has 1 heterocycles. The Bertz CT molecular complexity index is 1210. The van der Waals surface area contributed by atoms with Crippen LogP contribution >= 0.6 is 12.9 Å². The van der Waals surface area contributed by atoms with E-state index in [0.717, 1.165) is 16.7 Å². The van der Waals surface area contributed by atoms with Gasteiger partial charge in [0, 0.05) is 29.6 Å². The van der Waals surface area contributed by atoms with Crippen LogP contribution in [0.25, 0.3) is 34.2 Å². The second-order valence-corrected chi connectivity index (χ2v) is 10.8. The molecule has 0 atom stereocenters. The van der Waals surface area contributed by atoms with E-state index >= 15 is 0 Å². The SMILES string of the molecule is CC(C)(C)c1ccc(-c2nc(-c3ccc(C(C)(C)C)cc3)nc(-c3cccc(OS)c3)n2)cc1. The first kappa shape index (κ1) is 24.0. The van der Waals surface area contributed by atoms with Gasteiger partial charge in [0.1, 0.15) is 5.75 Å². The lowest BCUT2D eigenvalue weighted by Crippen LogP contribution is -2.10. The minimum Gasteiger partial charge on any atom is -0.429 e. The van der Waals surface area contributed by atoms with Gasteiger partial charge in [-0.1, -0.05) is 102 Å². The fraction of sp³-hybridized carbons (Fsp3) is 0.276. The summed E-state index contributed by atoms with van der Waals surface area (Å²) in [5.74, 6) is 2.50. The molecule has 1 aromatic heterocycles. The van der Waals surface area contributed by atoms with Crippen LogP contribution < -0.4 is 4.18 Å². The van der Waals surface area contributed by atoms with Gasteiger partial charge in [0.25, 0.3) is 0 Å². The molecule has 174 valence electrons. The molecule has 0 aliphatic carbocycles. The van der Waals surface area contributed by atoms with Gasteiger partial charge in [0.15, 0.2) is 17.5 Å². The lowest BCUT2D eigenvalue weighted by Gasteiger charge is -2.19. The van der Waals surface area contributed by atoms with Crippen LogP contribution in [0.5, 0.6) is 5.75 Å². The van der Waals surface area contributed by atoms with Gasteiger partial charge in [-0.05, 0) is 34.1 Å². The fourth-order valence-corrected chi connectivity index (χ4v) is 3.81. The highest BCUT2D eigenvalue weighted by molar-refractivity contribution is 7.75. The first-order valence-corrected chi connectivity index (χ1v) is 11.8. The maximum Gasteiger partial charge on any atom is 0.164 e. The molecule has 5 heteroatoms. The molecule has 0 fully saturated rings. The van der Waals surface area contributed by atoms with E-state index < -0.39 is 0 Å². The fourth-order valence-electron chi connectivity index (χ4n) is 3.69. The number of thiol groups is 1. The third-order valence-corrected chi connectivity index (χ3v) is 6.06. The second-order valence-electron chi connectivity index (χ2n) is 10.6. The Hall–Kier alpha value is -3.18. The summed E-state index contributed by atoms with van der Waals surface area (Å²) in [6.45, 7) is 13.2. The first-order chi connectivity index (χ1) is 16.0. The van der Waals surface area contributed by atoms with Crippen LogP contribution in [0.4, 0.5) is 0 Å². The van der Waals surface area contributed by atoms with Gasteiger partial charge < -0.3 is 4.18 Å². The van der Waals surface area contributed by atoms with E-state index in [1.54, 1.807) is 0 Å². The zero-order valence-electron chi connectivity index (χ0n) is 20.6. The molecule has 3 aromatic carbocycles. The van der Waals surface area contributed by atoms with E-state index in [4.69, 9.17) is 19.1 Å². The van der Waals surface area contributed by atoms with Gasteiger partial charge in [-0.15, -0.1) is 0 Å². The van der Waals surface area contributed by atoms with Crippen molar-refractivity contribution in [3.05, 3.63) is 83.9 Å². The average Bonchev–Trinajstić information content (AvgIpc) is 2.83. The molecule has 0 radical (unpaired) electrons. The van der Waals surface area contributed by atoms with Gasteiger partial charge in [0.2, 0.25) is 0 Å². The molecule has 0 saturated carbocycles. The maximum absolute atomic E-state index is 5.12. The minimum atomic E-state index is 0.0794. The molecule has 0 N–H and O–H groups in total. The van der Waals surface area contributed by atoms with Crippen molar-refractivity contribution in [3.63, 3.8) is 0 Å². The number of benzene rings is 3. The highest BCUT2D eigenvalue weighted by atomic mass is 32.1. The third-order valence-electron chi connectivity index (χ3n) is 5.85. The lowest BCUT2D eigenvalue weighted by molar-refractivity contribution is 0.590. The summed E-state index contributed by atoms with van der Waals surface area (Å²) in [7, 11) is 0. The Kier molecular flexibility index (Phi) is 6.50. The Labute approximate surface area is 208 Å². The van der Waals surface area contributed by atoms with E-state index in [0.29, 0.717) is 23.2 Å². The average molecular weight is 470 g/mol. The van der Waals surface area contributed by atoms with Gasteiger partial charge in [0.05, 0.1) is 0 Å². The lowest BCUT2D eigenvalue weighted by atomic mass is 9.86. The van der Waals surface area contributed by atoms with Crippen molar-refractivity contribution in [1.82, 2.24) is 15.0 Å². The number of hydrogen-bond acceptors (Lipinski definition) is 5. The molecule has 4 nitrogen and oxygen atoms in total. The molecule has 0 aliphatic heterocycles. The van der Waals surface area contributed by atoms with Crippen LogP contribution in [0.15, 0.2) is 72.8 Å². The Morgan fingerprint density at radius 2 is 0.971 bits per heavy atom. The number of rotatable bonds is 4. The number of nitrogens with zero attached hydrogens (tertiary/aromatic N) is 3. The summed E-state index contributed by atoms with van der Waals surface area (Å²) in [6, 6.07) is 24.5. The zero-order chi connectivity index (χ0) is 24.5. The monoisotopic (exact) mass is 469 g/mol. The molecule has 4 rings (SSSR count). The standard InChI is InChI=1S/C29H31N3OS/c1-28(2,3)22-14-10-19(11-15-22)25-30-26(20-12-16-23(17-13-20)29(4,5)6)32-27(31-25)21-8-7-9-24(18-21)33-34/h7-18,34H,1-6H3. The molecule has 0 unspecified atom stereocenters. The van der Waals surface area contributed by atoms with Gasteiger partial charge in [-0.3, -0.25) is 0 Å². The van der Waals surface area contributed by atoms with Crippen molar-refractivity contribution in [2.45, 2.75) is 52.4 Å². The van der Waals surface area contributed by atoms with Gasteiger partial charge >= 0.3 is 0 Å². The molecule has 4 aromatic rings. The first-order valence-electron chi connectivity index (χ1n) is 11.4. The number of hydrogen-bond donors (Lipinski definition) is 1. The van der Waals surface area contributed by atoms with E-state index in [1.165, 1.54) is 11.1 Å². The van der Waals surface area contributed by atoms with E-state index in [9.17, 15) is 0 Å². The van der Waals surface area contributed by atoms with E-state index in [2.05, 4.69) is 103 Å². The summed E-state index contributed by atoms with van der Waals surface area (Å²) in [6.07, 6.45) is 0. The van der Waals surface area contributed by atoms with E-state index in [-0.39, 0.29) is 10.8 Å². The molecular weight excluding hydrogens is 438 g/mol. The molecule has 0 amide bonds.